The number of nitrogens with one attached hydrogen (secondary N) is 1. The molecule has 0 radical (unpaired) electrons. The van der Waals surface area contributed by atoms with E-state index in [0.717, 1.165) is 36.0 Å². The van der Waals surface area contributed by atoms with E-state index in [9.17, 15) is 9.90 Å². The monoisotopic (exact) mass is 332 g/mol. The first-order valence-electron chi connectivity index (χ1n) is 8.28. The van der Waals surface area contributed by atoms with Crippen molar-refractivity contribution in [3.05, 3.63) is 30.0 Å². The Kier molecular flexibility index (Phi) is 5.06. The molecular formula is C18H24N2O4. The maximum Gasteiger partial charge on any atom is 0.312 e. The molecule has 1 fully saturated rings. The van der Waals surface area contributed by atoms with Crippen molar-refractivity contribution < 1.29 is 19.4 Å². The van der Waals surface area contributed by atoms with E-state index in [1.54, 1.807) is 7.11 Å². The average Bonchev–Trinajstić information content (AvgIpc) is 3.02. The summed E-state index contributed by atoms with van der Waals surface area (Å²) in [5, 5.41) is 11.6. The first kappa shape index (κ1) is 16.8. The number of methoxy groups -OCH3 is 2. The Morgan fingerprint density at radius 1 is 1.42 bits per heavy atom. The van der Waals surface area contributed by atoms with Crippen LogP contribution in [0.15, 0.2) is 24.4 Å². The van der Waals surface area contributed by atoms with E-state index in [-0.39, 0.29) is 5.97 Å². The molecule has 2 heterocycles. The molecule has 0 aliphatic carbocycles. The number of H-pyrrole nitrogens is 1. The fourth-order valence-corrected chi connectivity index (χ4v) is 3.44. The van der Waals surface area contributed by atoms with Gasteiger partial charge < -0.3 is 19.6 Å². The standard InChI is InChI=1S/C18H24N2O4/c1-23-13-5-6-16-15(10-13)12(11-19-16)7-9-20-8-3-4-14(17(20)21)18(22)24-2/h5-6,10-11,14,17,19,21H,3-4,7-9H2,1-2H3/t14-,17-/m0/s1. The Hall–Kier alpha value is -2.05. The van der Waals surface area contributed by atoms with Gasteiger partial charge in [0.25, 0.3) is 0 Å². The lowest BCUT2D eigenvalue weighted by Crippen LogP contribution is -2.48. The molecule has 1 saturated heterocycles. The number of carbonyl (C=O) groups is 1. The first-order valence-corrected chi connectivity index (χ1v) is 8.28. The maximum absolute atomic E-state index is 11.8. The van der Waals surface area contributed by atoms with Gasteiger partial charge in [0, 0.05) is 30.2 Å². The number of carbonyl (C=O) groups excluding carboxylic acids is 1. The van der Waals surface area contributed by atoms with Crippen molar-refractivity contribution in [3.63, 3.8) is 0 Å². The van der Waals surface area contributed by atoms with E-state index in [0.29, 0.717) is 13.0 Å². The molecule has 2 N–H and O–H groups in total. The second-order valence-electron chi connectivity index (χ2n) is 6.20. The van der Waals surface area contributed by atoms with Crippen LogP contribution in [0.3, 0.4) is 0 Å². The lowest BCUT2D eigenvalue weighted by Gasteiger charge is -2.36. The number of ether oxygens (including phenoxy) is 2. The summed E-state index contributed by atoms with van der Waals surface area (Å²) in [5.41, 5.74) is 2.24. The van der Waals surface area contributed by atoms with Gasteiger partial charge in [0.05, 0.1) is 20.1 Å². The molecule has 3 rings (SSSR count). The summed E-state index contributed by atoms with van der Waals surface area (Å²) in [4.78, 5) is 17.0. The Morgan fingerprint density at radius 2 is 2.25 bits per heavy atom. The summed E-state index contributed by atoms with van der Waals surface area (Å²) in [5.74, 6) is 0.0444. The van der Waals surface area contributed by atoms with Crippen LogP contribution in [0.25, 0.3) is 10.9 Å². The summed E-state index contributed by atoms with van der Waals surface area (Å²) in [6, 6.07) is 5.95. The molecule has 0 spiro atoms. The van der Waals surface area contributed by atoms with Gasteiger partial charge in [-0.25, -0.2) is 0 Å². The molecule has 0 bridgehead atoms. The Labute approximate surface area is 141 Å². The molecule has 1 aromatic carbocycles. The summed E-state index contributed by atoms with van der Waals surface area (Å²) >= 11 is 0. The van der Waals surface area contributed by atoms with Crippen LogP contribution in [0.1, 0.15) is 18.4 Å². The van der Waals surface area contributed by atoms with E-state index in [4.69, 9.17) is 9.47 Å². The van der Waals surface area contributed by atoms with Gasteiger partial charge in [-0.1, -0.05) is 0 Å². The number of likely N-dealkylation sites (tertiary alicyclic amines) is 1. The highest BCUT2D eigenvalue weighted by Crippen LogP contribution is 2.26. The number of aliphatic hydroxyl groups is 1. The van der Waals surface area contributed by atoms with Crippen LogP contribution in [-0.2, 0) is 16.0 Å². The molecule has 1 aliphatic rings. The van der Waals surface area contributed by atoms with Crippen molar-refractivity contribution in [2.24, 2.45) is 5.92 Å². The second kappa shape index (κ2) is 7.23. The fourth-order valence-electron chi connectivity index (χ4n) is 3.44. The predicted octanol–water partition coefficient (Wildman–Crippen LogP) is 1.92. The molecule has 1 aromatic heterocycles. The normalized spacial score (nSPS) is 21.8. The van der Waals surface area contributed by atoms with Gasteiger partial charge in [0.1, 0.15) is 12.0 Å². The summed E-state index contributed by atoms with van der Waals surface area (Å²) in [6.07, 6.45) is 3.58. The zero-order valence-electron chi connectivity index (χ0n) is 14.1. The number of aromatic amines is 1. The third kappa shape index (κ3) is 3.25. The lowest BCUT2D eigenvalue weighted by atomic mass is 9.95. The topological polar surface area (TPSA) is 74.8 Å². The summed E-state index contributed by atoms with van der Waals surface area (Å²) in [7, 11) is 3.03. The second-order valence-corrected chi connectivity index (χ2v) is 6.20. The molecule has 6 nitrogen and oxygen atoms in total. The van der Waals surface area contributed by atoms with Crippen LogP contribution in [0, 0.1) is 5.92 Å². The number of aromatic nitrogens is 1. The molecule has 0 saturated carbocycles. The number of aliphatic hydroxyl groups excluding tert-OH is 1. The van der Waals surface area contributed by atoms with Gasteiger partial charge in [-0.3, -0.25) is 9.69 Å². The highest BCUT2D eigenvalue weighted by Gasteiger charge is 2.35. The van der Waals surface area contributed by atoms with Gasteiger partial charge in [-0.05, 0) is 43.0 Å². The van der Waals surface area contributed by atoms with Crippen LogP contribution >= 0.6 is 0 Å². The van der Waals surface area contributed by atoms with Crippen molar-refractivity contribution in [2.45, 2.75) is 25.5 Å². The Bertz CT molecular complexity index is 712. The van der Waals surface area contributed by atoms with Crippen LogP contribution < -0.4 is 4.74 Å². The van der Waals surface area contributed by atoms with Crippen LogP contribution in [0.5, 0.6) is 5.75 Å². The van der Waals surface area contributed by atoms with Crippen molar-refractivity contribution in [1.29, 1.82) is 0 Å². The summed E-state index contributed by atoms with van der Waals surface area (Å²) < 4.78 is 10.1. The predicted molar refractivity (Wildman–Crippen MR) is 90.9 cm³/mol. The maximum atomic E-state index is 11.8. The molecule has 6 heteroatoms. The third-order valence-electron chi connectivity index (χ3n) is 4.84. The lowest BCUT2D eigenvalue weighted by molar-refractivity contribution is -0.159. The number of piperidine rings is 1. The summed E-state index contributed by atoms with van der Waals surface area (Å²) in [6.45, 7) is 1.49. The SMILES string of the molecule is COC(=O)[C@H]1CCCN(CCc2c[nH]c3ccc(OC)cc23)[C@H]1O. The molecule has 24 heavy (non-hydrogen) atoms. The molecule has 2 aromatic rings. The highest BCUT2D eigenvalue weighted by atomic mass is 16.5. The zero-order chi connectivity index (χ0) is 17.1. The minimum atomic E-state index is -0.772. The molecule has 0 unspecified atom stereocenters. The van der Waals surface area contributed by atoms with Gasteiger partial charge in [-0.2, -0.15) is 0 Å². The Morgan fingerprint density at radius 3 is 3.00 bits per heavy atom. The smallest absolute Gasteiger partial charge is 0.312 e. The largest absolute Gasteiger partial charge is 0.497 e. The molecule has 0 amide bonds. The minimum absolute atomic E-state index is 0.330. The quantitative estimate of drug-likeness (QED) is 0.818. The number of benzene rings is 1. The van der Waals surface area contributed by atoms with Crippen molar-refractivity contribution in [3.8, 4) is 5.75 Å². The van der Waals surface area contributed by atoms with Crippen LogP contribution in [0.4, 0.5) is 0 Å². The van der Waals surface area contributed by atoms with E-state index in [2.05, 4.69) is 4.98 Å². The molecule has 130 valence electrons. The highest BCUT2D eigenvalue weighted by molar-refractivity contribution is 5.84. The van der Waals surface area contributed by atoms with E-state index >= 15 is 0 Å². The van der Waals surface area contributed by atoms with Crippen molar-refractivity contribution >= 4 is 16.9 Å². The van der Waals surface area contributed by atoms with Crippen LogP contribution in [0.2, 0.25) is 0 Å². The molecule has 1 aliphatic heterocycles. The number of hydrogen-bond donors (Lipinski definition) is 2. The van der Waals surface area contributed by atoms with Gasteiger partial charge in [0.2, 0.25) is 0 Å². The van der Waals surface area contributed by atoms with Gasteiger partial charge in [-0.15, -0.1) is 0 Å². The fraction of sp³-hybridized carbons (Fsp3) is 0.500. The number of esters is 1. The number of rotatable bonds is 5. The first-order chi connectivity index (χ1) is 11.6. The molecular weight excluding hydrogens is 308 g/mol. The number of fused-ring (bicyclic) bond motifs is 1. The zero-order valence-corrected chi connectivity index (χ0v) is 14.1. The number of nitrogens with zero attached hydrogens (tertiary/aromatic N) is 1. The van der Waals surface area contributed by atoms with Gasteiger partial charge in [0.15, 0.2) is 0 Å². The van der Waals surface area contributed by atoms with Crippen LogP contribution in [-0.4, -0.2) is 54.5 Å². The van der Waals surface area contributed by atoms with Gasteiger partial charge >= 0.3 is 5.97 Å². The van der Waals surface area contributed by atoms with E-state index < -0.39 is 12.1 Å². The molecule has 2 atom stereocenters. The Balaban J connectivity index is 1.70. The van der Waals surface area contributed by atoms with E-state index in [1.165, 1.54) is 12.7 Å². The van der Waals surface area contributed by atoms with Crippen molar-refractivity contribution in [2.75, 3.05) is 27.3 Å². The van der Waals surface area contributed by atoms with Crippen molar-refractivity contribution in [1.82, 2.24) is 9.88 Å². The number of hydrogen-bond acceptors (Lipinski definition) is 5. The minimum Gasteiger partial charge on any atom is -0.497 e. The van der Waals surface area contributed by atoms with E-state index in [1.807, 2.05) is 29.3 Å². The average molecular weight is 332 g/mol. The third-order valence-corrected chi connectivity index (χ3v) is 4.84.